The molecule has 0 saturated carbocycles. The number of nitrogens with zero attached hydrogens (tertiary/aromatic N) is 3. The Morgan fingerprint density at radius 3 is 2.70 bits per heavy atom. The Morgan fingerprint density at radius 1 is 1.03 bits per heavy atom. The summed E-state index contributed by atoms with van der Waals surface area (Å²) in [6, 6.07) is 26.0. The minimum absolute atomic E-state index is 0.156. The van der Waals surface area contributed by atoms with Gasteiger partial charge in [-0.25, -0.2) is 4.79 Å². The zero-order valence-electron chi connectivity index (χ0n) is 18.0. The predicted molar refractivity (Wildman–Crippen MR) is 129 cm³/mol. The molecule has 4 aromatic rings. The highest BCUT2D eigenvalue weighted by atomic mass is 16.2. The summed E-state index contributed by atoms with van der Waals surface area (Å²) in [4.78, 5) is 14.5. The van der Waals surface area contributed by atoms with Crippen LogP contribution in [0.1, 0.15) is 11.1 Å². The van der Waals surface area contributed by atoms with E-state index in [0.29, 0.717) is 25.3 Å². The summed E-state index contributed by atoms with van der Waals surface area (Å²) in [5, 5.41) is 17.5. The molecule has 0 radical (unpaired) electrons. The van der Waals surface area contributed by atoms with Crippen molar-refractivity contribution in [3.8, 4) is 17.2 Å². The molecule has 0 fully saturated rings. The summed E-state index contributed by atoms with van der Waals surface area (Å²) in [6.07, 6.45) is 6.05. The topological polar surface area (TPSA) is 73.1 Å². The minimum Gasteiger partial charge on any atom is -0.372 e. The van der Waals surface area contributed by atoms with Gasteiger partial charge in [-0.05, 0) is 45.7 Å². The van der Waals surface area contributed by atoms with Gasteiger partial charge in [0.25, 0.3) is 0 Å². The van der Waals surface area contributed by atoms with E-state index in [9.17, 15) is 4.79 Å². The molecule has 2 heterocycles. The van der Waals surface area contributed by atoms with Crippen LogP contribution in [0, 0.1) is 11.3 Å². The van der Waals surface area contributed by atoms with E-state index in [1.165, 1.54) is 16.3 Å². The molecule has 33 heavy (non-hydrogen) atoms. The van der Waals surface area contributed by atoms with Crippen molar-refractivity contribution in [3.63, 3.8) is 0 Å². The lowest BCUT2D eigenvalue weighted by Crippen LogP contribution is -2.39. The lowest BCUT2D eigenvalue weighted by Gasteiger charge is -2.20. The number of carbonyl (C=O) groups excluding carboxylic acids is 1. The van der Waals surface area contributed by atoms with Crippen molar-refractivity contribution in [2.24, 2.45) is 0 Å². The van der Waals surface area contributed by atoms with Gasteiger partial charge in [0, 0.05) is 25.1 Å². The summed E-state index contributed by atoms with van der Waals surface area (Å²) in [7, 11) is 0. The number of rotatable bonds is 5. The summed E-state index contributed by atoms with van der Waals surface area (Å²) >= 11 is 0. The first-order valence-corrected chi connectivity index (χ1v) is 10.8. The predicted octanol–water partition coefficient (Wildman–Crippen LogP) is 4.79. The number of amides is 2. The number of urea groups is 1. The van der Waals surface area contributed by atoms with Gasteiger partial charge in [-0.15, -0.1) is 0 Å². The highest BCUT2D eigenvalue weighted by Crippen LogP contribution is 2.29. The van der Waals surface area contributed by atoms with Gasteiger partial charge in [0.2, 0.25) is 0 Å². The van der Waals surface area contributed by atoms with Gasteiger partial charge in [0.1, 0.15) is 0 Å². The molecule has 0 unspecified atom stereocenters. The first kappa shape index (κ1) is 20.4. The highest BCUT2D eigenvalue weighted by molar-refractivity contribution is 5.96. The number of allylic oxidation sites excluding steroid dienone is 1. The van der Waals surface area contributed by atoms with Crippen molar-refractivity contribution in [3.05, 3.63) is 108 Å². The van der Waals surface area contributed by atoms with Crippen LogP contribution in [-0.4, -0.2) is 22.2 Å². The zero-order chi connectivity index (χ0) is 22.6. The monoisotopic (exact) mass is 433 g/mol. The van der Waals surface area contributed by atoms with Gasteiger partial charge in [0.05, 0.1) is 30.5 Å². The van der Waals surface area contributed by atoms with Crippen LogP contribution in [0.15, 0.2) is 97.1 Å². The van der Waals surface area contributed by atoms with Crippen LogP contribution < -0.4 is 10.6 Å². The Hall–Kier alpha value is -4.50. The number of benzene rings is 3. The molecule has 2 N–H and O–H groups in total. The Labute approximate surface area is 192 Å². The fourth-order valence-electron chi connectivity index (χ4n) is 4.10. The molecule has 6 nitrogen and oxygen atoms in total. The lowest BCUT2D eigenvalue weighted by molar-refractivity contribution is 0.211. The summed E-state index contributed by atoms with van der Waals surface area (Å²) < 4.78 is 2.09. The second-order valence-corrected chi connectivity index (χ2v) is 7.99. The third-order valence-electron chi connectivity index (χ3n) is 5.83. The fourth-order valence-corrected chi connectivity index (χ4v) is 4.10. The smallest absolute Gasteiger partial charge is 0.323 e. The van der Waals surface area contributed by atoms with Crippen LogP contribution in [0.2, 0.25) is 0 Å². The Kier molecular flexibility index (Phi) is 5.52. The minimum atomic E-state index is -0.156. The summed E-state index contributed by atoms with van der Waals surface area (Å²) in [5.41, 5.74) is 4.80. The average molecular weight is 434 g/mol. The van der Waals surface area contributed by atoms with Crippen LogP contribution >= 0.6 is 0 Å². The first-order chi connectivity index (χ1) is 16.2. The number of aromatic nitrogens is 1. The molecule has 162 valence electrons. The molecule has 0 bridgehead atoms. The largest absolute Gasteiger partial charge is 0.372 e. The number of nitrogens with one attached hydrogen (secondary N) is 2. The number of carbonyl (C=O) groups is 1. The van der Waals surface area contributed by atoms with E-state index in [2.05, 4.69) is 76.0 Å². The van der Waals surface area contributed by atoms with Crippen LogP contribution in [-0.2, 0) is 13.1 Å². The molecule has 0 aliphatic carbocycles. The van der Waals surface area contributed by atoms with E-state index < -0.39 is 0 Å². The highest BCUT2D eigenvalue weighted by Gasteiger charge is 2.22. The molecule has 5 rings (SSSR count). The van der Waals surface area contributed by atoms with Crippen molar-refractivity contribution in [1.29, 1.82) is 5.26 Å². The average Bonchev–Trinajstić information content (AvgIpc) is 3.52. The second-order valence-electron chi connectivity index (χ2n) is 7.99. The van der Waals surface area contributed by atoms with Crippen molar-refractivity contribution in [1.82, 2.24) is 20.1 Å². The standard InChI is InChI=1S/C27H23N5O/c28-14-20-8-10-21(11-9-20)15-30-27(33)32-19-29-16-24(32)18-31-13-12-23(17-31)26-7-3-5-22-4-1-2-6-25(22)26/h1-13,16-17,29H,15,18-19H2,(H,30,33). The van der Waals surface area contributed by atoms with E-state index in [1.54, 1.807) is 17.0 Å². The van der Waals surface area contributed by atoms with E-state index in [-0.39, 0.29) is 6.03 Å². The maximum Gasteiger partial charge on any atom is 0.323 e. The second kappa shape index (κ2) is 8.93. The molecule has 1 aromatic heterocycles. The van der Waals surface area contributed by atoms with Crippen LogP contribution in [0.3, 0.4) is 0 Å². The molecule has 6 heteroatoms. The van der Waals surface area contributed by atoms with E-state index in [1.807, 2.05) is 24.5 Å². The van der Waals surface area contributed by atoms with Crippen LogP contribution in [0.4, 0.5) is 4.79 Å². The molecule has 1 aliphatic heterocycles. The fraction of sp³-hybridized carbons (Fsp3) is 0.111. The maximum atomic E-state index is 12.8. The Balaban J connectivity index is 1.26. The Morgan fingerprint density at radius 2 is 1.85 bits per heavy atom. The molecule has 3 aromatic carbocycles. The van der Waals surface area contributed by atoms with Crippen molar-refractivity contribution >= 4 is 16.8 Å². The first-order valence-electron chi connectivity index (χ1n) is 10.8. The molecular formula is C27H23N5O. The van der Waals surface area contributed by atoms with Crippen molar-refractivity contribution in [2.75, 3.05) is 6.67 Å². The third-order valence-corrected chi connectivity index (χ3v) is 5.83. The number of hydrogen-bond acceptors (Lipinski definition) is 3. The van der Waals surface area contributed by atoms with Crippen molar-refractivity contribution < 1.29 is 4.79 Å². The zero-order valence-corrected chi connectivity index (χ0v) is 18.0. The SMILES string of the molecule is N#Cc1ccc(CNC(=O)N2CNC=C2Cn2ccc(-c3cccc4ccccc34)c2)cc1. The van der Waals surface area contributed by atoms with E-state index in [4.69, 9.17) is 5.26 Å². The number of nitriles is 1. The molecule has 1 aliphatic rings. The molecule has 0 spiro atoms. The number of hydrogen-bond donors (Lipinski definition) is 2. The van der Waals surface area contributed by atoms with Gasteiger partial charge in [-0.2, -0.15) is 5.26 Å². The maximum absolute atomic E-state index is 12.8. The van der Waals surface area contributed by atoms with Crippen LogP contribution in [0.25, 0.3) is 21.9 Å². The van der Waals surface area contributed by atoms with E-state index in [0.717, 1.165) is 16.8 Å². The normalized spacial score (nSPS) is 12.8. The quantitative estimate of drug-likeness (QED) is 0.475. The van der Waals surface area contributed by atoms with Gasteiger partial charge < -0.3 is 15.2 Å². The van der Waals surface area contributed by atoms with Gasteiger partial charge in [-0.3, -0.25) is 4.90 Å². The third kappa shape index (κ3) is 4.30. The summed E-state index contributed by atoms with van der Waals surface area (Å²) in [5.74, 6) is 0. The van der Waals surface area contributed by atoms with Gasteiger partial charge in [0.15, 0.2) is 0 Å². The molecule has 2 amide bonds. The van der Waals surface area contributed by atoms with E-state index >= 15 is 0 Å². The molecule has 0 atom stereocenters. The van der Waals surface area contributed by atoms with Crippen LogP contribution in [0.5, 0.6) is 0 Å². The Bertz CT molecular complexity index is 1370. The van der Waals surface area contributed by atoms with Gasteiger partial charge in [-0.1, -0.05) is 54.6 Å². The lowest BCUT2D eigenvalue weighted by atomic mass is 10.0. The van der Waals surface area contributed by atoms with Crippen molar-refractivity contribution in [2.45, 2.75) is 13.1 Å². The van der Waals surface area contributed by atoms with Gasteiger partial charge >= 0.3 is 6.03 Å². The molecule has 0 saturated heterocycles. The summed E-state index contributed by atoms with van der Waals surface area (Å²) in [6.45, 7) is 1.43. The number of fused-ring (bicyclic) bond motifs is 1. The molecular weight excluding hydrogens is 410 g/mol.